The van der Waals surface area contributed by atoms with Crippen molar-refractivity contribution in [2.45, 2.75) is 10.9 Å². The predicted molar refractivity (Wildman–Crippen MR) is 60.8 cm³/mol. The Balaban J connectivity index is 1.99. The fraction of sp³-hybridized carbons (Fsp3) is 0.100. The van der Waals surface area contributed by atoms with Gasteiger partial charge in [0.25, 0.3) is 0 Å². The summed E-state index contributed by atoms with van der Waals surface area (Å²) in [5.41, 5.74) is 0.931. The lowest BCUT2D eigenvalue weighted by atomic mass is 10.4. The molecule has 0 saturated carbocycles. The van der Waals surface area contributed by atoms with Gasteiger partial charge in [-0.15, -0.1) is 0 Å². The Morgan fingerprint density at radius 3 is 2.67 bits per heavy atom. The highest BCUT2D eigenvalue weighted by atomic mass is 35.5. The molecule has 0 aliphatic heterocycles. The summed E-state index contributed by atoms with van der Waals surface area (Å²) in [6.07, 6.45) is 3.45. The van der Waals surface area contributed by atoms with Gasteiger partial charge in [-0.2, -0.15) is 0 Å². The van der Waals surface area contributed by atoms with Crippen molar-refractivity contribution in [1.29, 1.82) is 0 Å². The molecule has 0 atom stereocenters. The second-order valence-electron chi connectivity index (χ2n) is 2.77. The Morgan fingerprint density at radius 1 is 1.13 bits per heavy atom. The maximum Gasteiger partial charge on any atom is 0.187 e. The van der Waals surface area contributed by atoms with Gasteiger partial charge >= 0.3 is 0 Å². The van der Waals surface area contributed by atoms with Gasteiger partial charge in [-0.25, -0.2) is 15.0 Å². The first-order valence-electron chi connectivity index (χ1n) is 4.36. The normalized spacial score (nSPS) is 10.2. The molecule has 2 aromatic heterocycles. The van der Waals surface area contributed by atoms with E-state index in [2.05, 4.69) is 15.0 Å². The molecular formula is C10H8ClN3S. The monoisotopic (exact) mass is 237 g/mol. The maximum atomic E-state index is 5.77. The molecule has 2 heterocycles. The fourth-order valence-corrected chi connectivity index (χ4v) is 1.92. The molecule has 0 saturated heterocycles. The van der Waals surface area contributed by atoms with E-state index in [4.69, 9.17) is 11.6 Å². The van der Waals surface area contributed by atoms with Crippen LogP contribution in [-0.4, -0.2) is 15.0 Å². The average Bonchev–Trinajstić information content (AvgIpc) is 2.28. The second-order valence-corrected chi connectivity index (χ2v) is 4.10. The molecule has 0 N–H and O–H groups in total. The molecule has 0 bridgehead atoms. The molecule has 0 aromatic carbocycles. The van der Waals surface area contributed by atoms with Crippen molar-refractivity contribution in [3.05, 3.63) is 47.5 Å². The minimum Gasteiger partial charge on any atom is -0.240 e. The van der Waals surface area contributed by atoms with Crippen LogP contribution in [0.3, 0.4) is 0 Å². The number of thioether (sulfide) groups is 1. The Labute approximate surface area is 96.9 Å². The van der Waals surface area contributed by atoms with E-state index < -0.39 is 0 Å². The van der Waals surface area contributed by atoms with Crippen molar-refractivity contribution in [3.8, 4) is 0 Å². The quantitative estimate of drug-likeness (QED) is 0.468. The number of rotatable bonds is 3. The standard InChI is InChI=1S/C10H8ClN3S/c11-9-4-1-3-8(14-9)7-15-10-12-5-2-6-13-10/h1-6H,7H2. The highest BCUT2D eigenvalue weighted by molar-refractivity contribution is 7.98. The summed E-state index contributed by atoms with van der Waals surface area (Å²) < 4.78 is 0. The molecule has 3 nitrogen and oxygen atoms in total. The van der Waals surface area contributed by atoms with Crippen LogP contribution in [0.1, 0.15) is 5.69 Å². The van der Waals surface area contributed by atoms with Crippen LogP contribution >= 0.6 is 23.4 Å². The number of hydrogen-bond donors (Lipinski definition) is 0. The SMILES string of the molecule is Clc1cccc(CSc2ncccn2)n1. The van der Waals surface area contributed by atoms with E-state index in [0.29, 0.717) is 5.15 Å². The highest BCUT2D eigenvalue weighted by Crippen LogP contribution is 2.17. The van der Waals surface area contributed by atoms with Crippen LogP contribution in [-0.2, 0) is 5.75 Å². The molecule has 5 heteroatoms. The van der Waals surface area contributed by atoms with Gasteiger partial charge in [0.05, 0.1) is 5.69 Å². The maximum absolute atomic E-state index is 5.77. The van der Waals surface area contributed by atoms with Gasteiger partial charge in [-0.3, -0.25) is 0 Å². The van der Waals surface area contributed by atoms with E-state index in [-0.39, 0.29) is 0 Å². The van der Waals surface area contributed by atoms with E-state index in [0.717, 1.165) is 16.6 Å². The van der Waals surface area contributed by atoms with Crippen molar-refractivity contribution >= 4 is 23.4 Å². The van der Waals surface area contributed by atoms with Crippen LogP contribution in [0.4, 0.5) is 0 Å². The number of pyridine rings is 1. The third-order valence-electron chi connectivity index (χ3n) is 1.66. The molecule has 0 fully saturated rings. The molecule has 0 aliphatic carbocycles. The van der Waals surface area contributed by atoms with Crippen LogP contribution in [0.5, 0.6) is 0 Å². The molecule has 0 spiro atoms. The number of nitrogens with zero attached hydrogens (tertiary/aromatic N) is 3. The Morgan fingerprint density at radius 2 is 1.93 bits per heavy atom. The van der Waals surface area contributed by atoms with Crippen molar-refractivity contribution in [2.24, 2.45) is 0 Å². The molecule has 0 radical (unpaired) electrons. The number of aromatic nitrogens is 3. The molecule has 2 rings (SSSR count). The zero-order valence-electron chi connectivity index (χ0n) is 7.80. The van der Waals surface area contributed by atoms with Crippen LogP contribution in [0.2, 0.25) is 5.15 Å². The largest absolute Gasteiger partial charge is 0.240 e. The summed E-state index contributed by atoms with van der Waals surface area (Å²) in [5, 5.41) is 1.27. The number of halogens is 1. The zero-order valence-corrected chi connectivity index (χ0v) is 9.37. The first-order valence-corrected chi connectivity index (χ1v) is 5.72. The van der Waals surface area contributed by atoms with Gasteiger partial charge < -0.3 is 0 Å². The molecule has 0 amide bonds. The van der Waals surface area contributed by atoms with Gasteiger partial charge in [-0.05, 0) is 18.2 Å². The van der Waals surface area contributed by atoms with Crippen LogP contribution in [0, 0.1) is 0 Å². The molecule has 76 valence electrons. The van der Waals surface area contributed by atoms with E-state index in [9.17, 15) is 0 Å². The zero-order chi connectivity index (χ0) is 10.5. The first kappa shape index (κ1) is 10.4. The summed E-state index contributed by atoms with van der Waals surface area (Å²) in [6, 6.07) is 7.37. The minimum atomic E-state index is 0.516. The van der Waals surface area contributed by atoms with Gasteiger partial charge in [0, 0.05) is 18.1 Å². The average molecular weight is 238 g/mol. The van der Waals surface area contributed by atoms with Gasteiger partial charge in [0.15, 0.2) is 5.16 Å². The lowest BCUT2D eigenvalue weighted by Gasteiger charge is -1.99. The smallest absolute Gasteiger partial charge is 0.187 e. The first-order chi connectivity index (χ1) is 7.34. The summed E-state index contributed by atoms with van der Waals surface area (Å²) in [6.45, 7) is 0. The van der Waals surface area contributed by atoms with E-state index in [1.807, 2.05) is 12.1 Å². The molecule has 0 aliphatic rings. The van der Waals surface area contributed by atoms with Crippen LogP contribution in [0.15, 0.2) is 41.8 Å². The fourth-order valence-electron chi connectivity index (χ4n) is 1.03. The van der Waals surface area contributed by atoms with Crippen molar-refractivity contribution < 1.29 is 0 Å². The van der Waals surface area contributed by atoms with Crippen LogP contribution in [0.25, 0.3) is 0 Å². The third-order valence-corrected chi connectivity index (χ3v) is 2.78. The van der Waals surface area contributed by atoms with E-state index in [1.54, 1.807) is 24.5 Å². The molecular weight excluding hydrogens is 230 g/mol. The van der Waals surface area contributed by atoms with Gasteiger partial charge in [0.1, 0.15) is 5.15 Å². The van der Waals surface area contributed by atoms with Crippen molar-refractivity contribution in [1.82, 2.24) is 15.0 Å². The number of hydrogen-bond acceptors (Lipinski definition) is 4. The Kier molecular flexibility index (Phi) is 3.53. The summed E-state index contributed by atoms with van der Waals surface area (Å²) >= 11 is 7.31. The predicted octanol–water partition coefficient (Wildman–Crippen LogP) is 2.82. The minimum absolute atomic E-state index is 0.516. The summed E-state index contributed by atoms with van der Waals surface area (Å²) in [4.78, 5) is 12.4. The van der Waals surface area contributed by atoms with Crippen molar-refractivity contribution in [3.63, 3.8) is 0 Å². The third kappa shape index (κ3) is 3.18. The van der Waals surface area contributed by atoms with Crippen LogP contribution < -0.4 is 0 Å². The Bertz CT molecular complexity index is 436. The van der Waals surface area contributed by atoms with E-state index in [1.165, 1.54) is 11.8 Å². The molecule has 15 heavy (non-hydrogen) atoms. The summed E-state index contributed by atoms with van der Waals surface area (Å²) in [7, 11) is 0. The lowest BCUT2D eigenvalue weighted by molar-refractivity contribution is 0.964. The summed E-state index contributed by atoms with van der Waals surface area (Å²) in [5.74, 6) is 0.727. The van der Waals surface area contributed by atoms with Crippen molar-refractivity contribution in [2.75, 3.05) is 0 Å². The Hall–Kier alpha value is -1.13. The second kappa shape index (κ2) is 5.09. The van der Waals surface area contributed by atoms with Gasteiger partial charge in [0.2, 0.25) is 0 Å². The topological polar surface area (TPSA) is 38.7 Å². The highest BCUT2D eigenvalue weighted by Gasteiger charge is 1.99. The lowest BCUT2D eigenvalue weighted by Crippen LogP contribution is -1.88. The van der Waals surface area contributed by atoms with Gasteiger partial charge in [-0.1, -0.05) is 29.4 Å². The van der Waals surface area contributed by atoms with E-state index >= 15 is 0 Å². The molecule has 0 unspecified atom stereocenters. The molecule has 2 aromatic rings.